The summed E-state index contributed by atoms with van der Waals surface area (Å²) in [6.07, 6.45) is 6.30. The van der Waals surface area contributed by atoms with Crippen LogP contribution in [0.1, 0.15) is 59.3 Å². The maximum atomic E-state index is 12.7. The third-order valence-electron chi connectivity index (χ3n) is 6.75. The molecule has 2 bridgehead atoms. The maximum Gasteiger partial charge on any atom is 0.351 e. The van der Waals surface area contributed by atoms with Crippen molar-refractivity contribution in [3.8, 4) is 0 Å². The lowest BCUT2D eigenvalue weighted by atomic mass is 9.66. The second kappa shape index (κ2) is 5.76. The molecular formula is C18H29NO4. The Morgan fingerprint density at radius 3 is 2.30 bits per heavy atom. The van der Waals surface area contributed by atoms with Crippen LogP contribution in [0, 0.1) is 10.8 Å². The van der Waals surface area contributed by atoms with Crippen molar-refractivity contribution >= 4 is 11.9 Å². The molecule has 3 aliphatic rings. The van der Waals surface area contributed by atoms with Gasteiger partial charge in [0.2, 0.25) is 5.60 Å². The van der Waals surface area contributed by atoms with Crippen molar-refractivity contribution in [1.82, 2.24) is 4.90 Å². The van der Waals surface area contributed by atoms with Crippen LogP contribution in [-0.4, -0.2) is 48.7 Å². The van der Waals surface area contributed by atoms with E-state index in [2.05, 4.69) is 4.90 Å². The molecule has 1 saturated carbocycles. The molecule has 0 spiro atoms. The van der Waals surface area contributed by atoms with Gasteiger partial charge in [-0.2, -0.15) is 0 Å². The molecule has 2 aliphatic heterocycles. The molecule has 0 N–H and O–H groups in total. The van der Waals surface area contributed by atoms with Crippen molar-refractivity contribution in [3.05, 3.63) is 0 Å². The van der Waals surface area contributed by atoms with E-state index in [1.165, 1.54) is 25.7 Å². The van der Waals surface area contributed by atoms with Gasteiger partial charge in [0, 0.05) is 12.0 Å². The van der Waals surface area contributed by atoms with Gasteiger partial charge in [0.25, 0.3) is 0 Å². The highest BCUT2D eigenvalue weighted by molar-refractivity contribution is 5.93. The highest BCUT2D eigenvalue weighted by Gasteiger charge is 2.76. The molecule has 5 nitrogen and oxygen atoms in total. The Morgan fingerprint density at radius 1 is 1.13 bits per heavy atom. The first-order valence-corrected chi connectivity index (χ1v) is 8.97. The van der Waals surface area contributed by atoms with Gasteiger partial charge in [-0.15, -0.1) is 0 Å². The Balaban J connectivity index is 1.59. The zero-order valence-corrected chi connectivity index (χ0v) is 14.7. The summed E-state index contributed by atoms with van der Waals surface area (Å²) in [5.74, 6) is -0.606. The number of esters is 2. The van der Waals surface area contributed by atoms with Crippen molar-refractivity contribution in [2.75, 3.05) is 26.2 Å². The van der Waals surface area contributed by atoms with Crippen LogP contribution in [0.25, 0.3) is 0 Å². The van der Waals surface area contributed by atoms with Crippen molar-refractivity contribution in [2.45, 2.75) is 64.9 Å². The first-order valence-electron chi connectivity index (χ1n) is 8.97. The van der Waals surface area contributed by atoms with E-state index < -0.39 is 16.4 Å². The fraction of sp³-hybridized carbons (Fsp3) is 0.889. The molecule has 3 fully saturated rings. The summed E-state index contributed by atoms with van der Waals surface area (Å²) in [7, 11) is 0. The van der Waals surface area contributed by atoms with Crippen LogP contribution < -0.4 is 0 Å². The van der Waals surface area contributed by atoms with Gasteiger partial charge in [-0.05, 0) is 45.7 Å². The van der Waals surface area contributed by atoms with E-state index in [0.29, 0.717) is 19.4 Å². The molecule has 2 saturated heterocycles. The molecule has 130 valence electrons. The molecule has 0 aromatic heterocycles. The predicted molar refractivity (Wildman–Crippen MR) is 85.8 cm³/mol. The van der Waals surface area contributed by atoms with Gasteiger partial charge < -0.3 is 9.47 Å². The van der Waals surface area contributed by atoms with Gasteiger partial charge in [0.15, 0.2) is 0 Å². The predicted octanol–water partition coefficient (Wildman–Crippen LogP) is 2.53. The third kappa shape index (κ3) is 2.39. The lowest BCUT2D eigenvalue weighted by molar-refractivity contribution is -0.183. The van der Waals surface area contributed by atoms with Crippen LogP contribution in [0.4, 0.5) is 0 Å². The van der Waals surface area contributed by atoms with E-state index >= 15 is 0 Å². The molecule has 0 amide bonds. The molecule has 3 rings (SSSR count). The van der Waals surface area contributed by atoms with E-state index in [9.17, 15) is 9.59 Å². The lowest BCUT2D eigenvalue weighted by Gasteiger charge is -2.34. The van der Waals surface area contributed by atoms with Gasteiger partial charge in [-0.25, -0.2) is 4.79 Å². The fourth-order valence-electron chi connectivity index (χ4n) is 4.45. The molecular weight excluding hydrogens is 294 g/mol. The molecule has 5 heteroatoms. The number of fused-ring (bicyclic) bond motifs is 2. The van der Waals surface area contributed by atoms with Crippen molar-refractivity contribution < 1.29 is 19.1 Å². The maximum absolute atomic E-state index is 12.7. The minimum Gasteiger partial charge on any atom is -0.461 e. The molecule has 0 aromatic rings. The summed E-state index contributed by atoms with van der Waals surface area (Å²) < 4.78 is 11.1. The van der Waals surface area contributed by atoms with Crippen molar-refractivity contribution in [1.29, 1.82) is 0 Å². The second-order valence-corrected chi connectivity index (χ2v) is 8.07. The van der Waals surface area contributed by atoms with Crippen LogP contribution in [0.3, 0.4) is 0 Å². The minimum absolute atomic E-state index is 0.252. The molecule has 1 aliphatic carbocycles. The summed E-state index contributed by atoms with van der Waals surface area (Å²) >= 11 is 0. The van der Waals surface area contributed by atoms with Crippen LogP contribution >= 0.6 is 0 Å². The minimum atomic E-state index is -1.09. The summed E-state index contributed by atoms with van der Waals surface area (Å²) in [5, 5.41) is 0. The Kier molecular flexibility index (Phi) is 4.20. The zero-order valence-electron chi connectivity index (χ0n) is 14.7. The molecule has 23 heavy (non-hydrogen) atoms. The number of rotatable bonds is 4. The van der Waals surface area contributed by atoms with Crippen molar-refractivity contribution in [2.24, 2.45) is 10.8 Å². The topological polar surface area (TPSA) is 55.8 Å². The normalized spacial score (nSPS) is 36.6. The number of hydrogen-bond acceptors (Lipinski definition) is 5. The quantitative estimate of drug-likeness (QED) is 0.744. The number of likely N-dealkylation sites (tertiary alicyclic amines) is 1. The van der Waals surface area contributed by atoms with Gasteiger partial charge in [-0.3, -0.25) is 9.69 Å². The van der Waals surface area contributed by atoms with E-state index in [0.717, 1.165) is 19.6 Å². The monoisotopic (exact) mass is 323 g/mol. The molecule has 0 radical (unpaired) electrons. The Hall–Kier alpha value is -1.10. The Bertz CT molecular complexity index is 495. The van der Waals surface area contributed by atoms with Crippen LogP contribution in [-0.2, 0) is 19.1 Å². The fourth-order valence-corrected chi connectivity index (χ4v) is 4.45. The van der Waals surface area contributed by atoms with Crippen LogP contribution in [0.15, 0.2) is 0 Å². The van der Waals surface area contributed by atoms with Crippen LogP contribution in [0.2, 0.25) is 0 Å². The van der Waals surface area contributed by atoms with E-state index in [1.54, 1.807) is 0 Å². The summed E-state index contributed by atoms with van der Waals surface area (Å²) in [4.78, 5) is 27.3. The number of hydrogen-bond donors (Lipinski definition) is 0. The standard InChI is InChI=1S/C18H29NO4/c1-16(2)17(3)8-9-18(16,23-14(17)20)15(21)22-13-12-19-10-6-4-5-7-11-19/h4-13H2,1-3H3. The van der Waals surface area contributed by atoms with Crippen molar-refractivity contribution in [3.63, 3.8) is 0 Å². The molecule has 0 aromatic carbocycles. The average Bonchev–Trinajstić information content (AvgIpc) is 2.75. The number of carbonyl (C=O) groups is 2. The van der Waals surface area contributed by atoms with Gasteiger partial charge in [0.05, 0.1) is 5.41 Å². The Morgan fingerprint density at radius 2 is 1.78 bits per heavy atom. The first kappa shape index (κ1) is 16.7. The Labute approximate surface area is 138 Å². The lowest BCUT2D eigenvalue weighted by Crippen LogP contribution is -2.49. The van der Waals surface area contributed by atoms with E-state index in [-0.39, 0.29) is 11.9 Å². The third-order valence-corrected chi connectivity index (χ3v) is 6.75. The SMILES string of the molecule is CC12CCC(C(=O)OCCN3CCCCCC3)(OC1=O)C2(C)C. The average molecular weight is 323 g/mol. The second-order valence-electron chi connectivity index (χ2n) is 8.07. The molecule has 2 unspecified atom stereocenters. The largest absolute Gasteiger partial charge is 0.461 e. The highest BCUT2D eigenvalue weighted by atomic mass is 16.6. The smallest absolute Gasteiger partial charge is 0.351 e. The molecule has 2 atom stereocenters. The van der Waals surface area contributed by atoms with E-state index in [1.807, 2.05) is 20.8 Å². The summed E-state index contributed by atoms with van der Waals surface area (Å²) in [5.41, 5.74) is -2.18. The van der Waals surface area contributed by atoms with Gasteiger partial charge in [-0.1, -0.05) is 26.7 Å². The number of ether oxygens (including phenoxy) is 2. The first-order chi connectivity index (χ1) is 10.8. The summed E-state index contributed by atoms with van der Waals surface area (Å²) in [6, 6.07) is 0. The van der Waals surface area contributed by atoms with Gasteiger partial charge in [0.1, 0.15) is 6.61 Å². The van der Waals surface area contributed by atoms with E-state index in [4.69, 9.17) is 9.47 Å². The van der Waals surface area contributed by atoms with Crippen LogP contribution in [0.5, 0.6) is 0 Å². The molecule has 2 heterocycles. The summed E-state index contributed by atoms with van der Waals surface area (Å²) in [6.45, 7) is 9.15. The number of nitrogens with zero attached hydrogens (tertiary/aromatic N) is 1. The van der Waals surface area contributed by atoms with Gasteiger partial charge >= 0.3 is 11.9 Å². The number of carbonyl (C=O) groups excluding carboxylic acids is 2. The highest BCUT2D eigenvalue weighted by Crippen LogP contribution is 2.65. The zero-order chi connectivity index (χ0) is 16.7.